The molecule has 0 amide bonds. The van der Waals surface area contributed by atoms with Crippen molar-refractivity contribution in [1.82, 2.24) is 0 Å². The van der Waals surface area contributed by atoms with Crippen molar-refractivity contribution in [3.63, 3.8) is 0 Å². The van der Waals surface area contributed by atoms with Crippen LogP contribution in [0.15, 0.2) is 152 Å². The summed E-state index contributed by atoms with van der Waals surface area (Å²) in [5.41, 5.74) is 7.25. The van der Waals surface area contributed by atoms with Gasteiger partial charge in [0.2, 0.25) is 0 Å². The third-order valence-corrected chi connectivity index (χ3v) is 8.60. The van der Waals surface area contributed by atoms with Gasteiger partial charge in [-0.05, 0) is 84.6 Å². The minimum Gasteiger partial charge on any atom is -0.493 e. The Bertz CT molecular complexity index is 2250. The molecular weight excluding hydrogens is 520 g/mol. The molecule has 0 fully saturated rings. The molecule has 0 bridgehead atoms. The van der Waals surface area contributed by atoms with Crippen LogP contribution in [0.25, 0.3) is 76.5 Å². The van der Waals surface area contributed by atoms with Crippen molar-refractivity contribution in [3.8, 4) is 39.1 Å². The van der Waals surface area contributed by atoms with Gasteiger partial charge in [0, 0.05) is 10.9 Å². The Kier molecular flexibility index (Phi) is 6.16. The van der Waals surface area contributed by atoms with Crippen LogP contribution in [-0.4, -0.2) is 6.61 Å². The van der Waals surface area contributed by atoms with E-state index in [1.807, 2.05) is 0 Å². The maximum absolute atomic E-state index is 6.29. The summed E-state index contributed by atoms with van der Waals surface area (Å²) in [5, 5.41) is 9.87. The van der Waals surface area contributed by atoms with E-state index in [1.165, 1.54) is 60.0 Å². The van der Waals surface area contributed by atoms with Crippen LogP contribution in [0.4, 0.5) is 0 Å². The van der Waals surface area contributed by atoms with Crippen LogP contribution in [0.3, 0.4) is 0 Å². The van der Waals surface area contributed by atoms with Gasteiger partial charge in [-0.25, -0.2) is 0 Å². The molecule has 0 aliphatic rings. The summed E-state index contributed by atoms with van der Waals surface area (Å²) in [5.74, 6) is 0.944. The quantitative estimate of drug-likeness (QED) is 0.194. The molecule has 0 saturated heterocycles. The highest BCUT2D eigenvalue weighted by Gasteiger charge is 2.18. The first-order valence-corrected chi connectivity index (χ1v) is 15.0. The maximum atomic E-state index is 6.29. The number of rotatable bonds is 5. The van der Waals surface area contributed by atoms with Crippen molar-refractivity contribution in [2.75, 3.05) is 6.61 Å². The minimum atomic E-state index is 0.617. The molecule has 0 N–H and O–H groups in total. The highest BCUT2D eigenvalue weighted by molar-refractivity contribution is 6.21. The van der Waals surface area contributed by atoms with E-state index >= 15 is 0 Å². The van der Waals surface area contributed by atoms with Gasteiger partial charge in [-0.1, -0.05) is 140 Å². The Morgan fingerprint density at radius 3 is 1.56 bits per heavy atom. The molecule has 43 heavy (non-hydrogen) atoms. The van der Waals surface area contributed by atoms with Crippen LogP contribution < -0.4 is 4.74 Å². The van der Waals surface area contributed by atoms with Crippen LogP contribution in [0.1, 0.15) is 6.92 Å². The molecular formula is C42H30O. The summed E-state index contributed by atoms with van der Waals surface area (Å²) in [6, 6.07) is 55.0. The van der Waals surface area contributed by atoms with Crippen molar-refractivity contribution < 1.29 is 4.74 Å². The fourth-order valence-corrected chi connectivity index (χ4v) is 6.71. The Labute approximate surface area is 251 Å². The molecule has 1 nitrogen and oxygen atoms in total. The SMILES string of the molecule is CCOc1c(-c2cccc(-c3c4ccccc4c(-c4ccc5ccccc5c4)c4ccccc34)c2)ccc2ccccc12. The third-order valence-electron chi connectivity index (χ3n) is 8.60. The van der Waals surface area contributed by atoms with Gasteiger partial charge >= 0.3 is 0 Å². The summed E-state index contributed by atoms with van der Waals surface area (Å²) in [4.78, 5) is 0. The standard InChI is InChI=1S/C42H30O/c1-2-43-42-34-17-6-5-13-29(34)24-25-35(42)31-15-11-16-32(27-31)40-36-18-7-9-20-38(36)41(39-21-10-8-19-37(39)40)33-23-22-28-12-3-4-14-30(28)26-33/h3-27H,2H2,1H3. The van der Waals surface area contributed by atoms with E-state index in [4.69, 9.17) is 4.74 Å². The molecule has 0 heterocycles. The van der Waals surface area contributed by atoms with E-state index in [2.05, 4.69) is 159 Å². The van der Waals surface area contributed by atoms with Crippen molar-refractivity contribution in [2.45, 2.75) is 6.92 Å². The minimum absolute atomic E-state index is 0.617. The lowest BCUT2D eigenvalue weighted by Crippen LogP contribution is -1.96. The van der Waals surface area contributed by atoms with E-state index in [-0.39, 0.29) is 0 Å². The highest BCUT2D eigenvalue weighted by atomic mass is 16.5. The van der Waals surface area contributed by atoms with Gasteiger partial charge in [-0.2, -0.15) is 0 Å². The highest BCUT2D eigenvalue weighted by Crippen LogP contribution is 2.45. The van der Waals surface area contributed by atoms with Crippen LogP contribution in [0.2, 0.25) is 0 Å². The second kappa shape index (κ2) is 10.5. The van der Waals surface area contributed by atoms with E-state index in [9.17, 15) is 0 Å². The topological polar surface area (TPSA) is 9.23 Å². The number of fused-ring (bicyclic) bond motifs is 4. The van der Waals surface area contributed by atoms with Gasteiger partial charge in [-0.3, -0.25) is 0 Å². The van der Waals surface area contributed by atoms with Crippen molar-refractivity contribution in [1.29, 1.82) is 0 Å². The maximum Gasteiger partial charge on any atom is 0.134 e. The van der Waals surface area contributed by atoms with Gasteiger partial charge in [0.15, 0.2) is 0 Å². The van der Waals surface area contributed by atoms with Gasteiger partial charge in [0.1, 0.15) is 5.75 Å². The van der Waals surface area contributed by atoms with Gasteiger partial charge < -0.3 is 4.74 Å². The first-order valence-electron chi connectivity index (χ1n) is 15.0. The summed E-state index contributed by atoms with van der Waals surface area (Å²) < 4.78 is 6.29. The Balaban J connectivity index is 1.39. The van der Waals surface area contributed by atoms with Crippen LogP contribution in [0, 0.1) is 0 Å². The number of benzene rings is 8. The largest absolute Gasteiger partial charge is 0.493 e. The van der Waals surface area contributed by atoms with Crippen molar-refractivity contribution in [3.05, 3.63) is 152 Å². The zero-order valence-corrected chi connectivity index (χ0v) is 24.0. The number of ether oxygens (including phenoxy) is 1. The third kappa shape index (κ3) is 4.24. The fourth-order valence-electron chi connectivity index (χ4n) is 6.71. The molecule has 8 aromatic rings. The van der Waals surface area contributed by atoms with E-state index in [0.29, 0.717) is 6.61 Å². The Hall–Kier alpha value is -5.40. The molecule has 0 aliphatic carbocycles. The van der Waals surface area contributed by atoms with E-state index in [0.717, 1.165) is 22.3 Å². The zero-order valence-electron chi connectivity index (χ0n) is 24.0. The molecule has 8 rings (SSSR count). The summed E-state index contributed by atoms with van der Waals surface area (Å²) >= 11 is 0. The average molecular weight is 551 g/mol. The van der Waals surface area contributed by atoms with E-state index < -0.39 is 0 Å². The first kappa shape index (κ1) is 25.3. The Morgan fingerprint density at radius 2 is 0.907 bits per heavy atom. The molecule has 0 unspecified atom stereocenters. The normalized spacial score (nSPS) is 11.5. The lowest BCUT2D eigenvalue weighted by atomic mass is 9.85. The summed E-state index contributed by atoms with van der Waals surface area (Å²) in [6.07, 6.45) is 0. The van der Waals surface area contributed by atoms with Crippen molar-refractivity contribution in [2.24, 2.45) is 0 Å². The predicted molar refractivity (Wildman–Crippen MR) is 184 cm³/mol. The second-order valence-electron chi connectivity index (χ2n) is 11.1. The number of hydrogen-bond acceptors (Lipinski definition) is 1. The van der Waals surface area contributed by atoms with Gasteiger partial charge in [0.25, 0.3) is 0 Å². The molecule has 0 aliphatic heterocycles. The van der Waals surface area contributed by atoms with Gasteiger partial charge in [-0.15, -0.1) is 0 Å². The zero-order chi connectivity index (χ0) is 28.8. The van der Waals surface area contributed by atoms with Crippen LogP contribution in [0.5, 0.6) is 5.75 Å². The predicted octanol–water partition coefficient (Wildman–Crippen LogP) is 11.7. The number of hydrogen-bond donors (Lipinski definition) is 0. The molecule has 0 spiro atoms. The monoisotopic (exact) mass is 550 g/mol. The molecule has 0 radical (unpaired) electrons. The van der Waals surface area contributed by atoms with Crippen molar-refractivity contribution >= 4 is 43.1 Å². The molecule has 0 atom stereocenters. The molecule has 1 heteroatoms. The summed E-state index contributed by atoms with van der Waals surface area (Å²) in [7, 11) is 0. The second-order valence-corrected chi connectivity index (χ2v) is 11.1. The Morgan fingerprint density at radius 1 is 0.395 bits per heavy atom. The first-order chi connectivity index (χ1) is 21.3. The lowest BCUT2D eigenvalue weighted by molar-refractivity contribution is 0.345. The molecule has 0 saturated carbocycles. The molecule has 8 aromatic carbocycles. The summed E-state index contributed by atoms with van der Waals surface area (Å²) in [6.45, 7) is 2.67. The molecule has 204 valence electrons. The van der Waals surface area contributed by atoms with Crippen LogP contribution in [-0.2, 0) is 0 Å². The lowest BCUT2D eigenvalue weighted by Gasteiger charge is -2.19. The fraction of sp³-hybridized carbons (Fsp3) is 0.0476. The van der Waals surface area contributed by atoms with Gasteiger partial charge in [0.05, 0.1) is 6.61 Å². The molecule has 0 aromatic heterocycles. The average Bonchev–Trinajstić information content (AvgIpc) is 3.07. The van der Waals surface area contributed by atoms with E-state index in [1.54, 1.807) is 0 Å². The van der Waals surface area contributed by atoms with Crippen LogP contribution >= 0.6 is 0 Å². The smallest absolute Gasteiger partial charge is 0.134 e.